The topological polar surface area (TPSA) is 118 Å². The highest BCUT2D eigenvalue weighted by atomic mass is 32.2. The Kier molecular flexibility index (Phi) is 4.27. The number of sulfonamides is 1. The quantitative estimate of drug-likeness (QED) is 0.851. The maximum absolute atomic E-state index is 12.2. The molecule has 0 amide bonds. The van der Waals surface area contributed by atoms with Gasteiger partial charge in [0.2, 0.25) is 5.95 Å². The standard InChI is InChI=1S/C13H13N3O5S/c1-8-11(12(17)18)7-14-13(15-8)16-22(19,20)10-5-3-9(21-2)4-6-10/h3-7H,1-2H3,(H,17,18)(H,14,15,16). The van der Waals surface area contributed by atoms with Gasteiger partial charge < -0.3 is 9.84 Å². The zero-order chi connectivity index (χ0) is 16.3. The van der Waals surface area contributed by atoms with E-state index in [1.54, 1.807) is 0 Å². The summed E-state index contributed by atoms with van der Waals surface area (Å²) >= 11 is 0. The Hall–Kier alpha value is -2.68. The lowest BCUT2D eigenvalue weighted by molar-refractivity contribution is 0.0695. The average molecular weight is 323 g/mol. The van der Waals surface area contributed by atoms with Gasteiger partial charge in [-0.15, -0.1) is 0 Å². The number of carboxylic acid groups (broad SMARTS) is 1. The number of benzene rings is 1. The second-order valence-electron chi connectivity index (χ2n) is 4.28. The summed E-state index contributed by atoms with van der Waals surface area (Å²) in [5, 5.41) is 8.89. The summed E-state index contributed by atoms with van der Waals surface area (Å²) in [6, 6.07) is 5.77. The van der Waals surface area contributed by atoms with Crippen molar-refractivity contribution in [2.45, 2.75) is 11.8 Å². The molecule has 0 radical (unpaired) electrons. The van der Waals surface area contributed by atoms with E-state index in [1.165, 1.54) is 38.3 Å². The van der Waals surface area contributed by atoms with Crippen LogP contribution in [0.4, 0.5) is 5.95 Å². The number of ether oxygens (including phenoxy) is 1. The van der Waals surface area contributed by atoms with Crippen LogP contribution in [0.5, 0.6) is 5.75 Å². The van der Waals surface area contributed by atoms with Crippen molar-refractivity contribution in [3.8, 4) is 5.75 Å². The second kappa shape index (κ2) is 5.98. The molecule has 0 unspecified atom stereocenters. The lowest BCUT2D eigenvalue weighted by Crippen LogP contribution is -2.16. The summed E-state index contributed by atoms with van der Waals surface area (Å²) in [5.41, 5.74) is 0.0716. The van der Waals surface area contributed by atoms with E-state index >= 15 is 0 Å². The number of hydrogen-bond acceptors (Lipinski definition) is 6. The molecule has 0 fully saturated rings. The van der Waals surface area contributed by atoms with E-state index in [9.17, 15) is 13.2 Å². The molecule has 22 heavy (non-hydrogen) atoms. The highest BCUT2D eigenvalue weighted by Gasteiger charge is 2.17. The van der Waals surface area contributed by atoms with Crippen LogP contribution in [-0.4, -0.2) is 36.6 Å². The maximum atomic E-state index is 12.2. The van der Waals surface area contributed by atoms with Crippen LogP contribution in [0.15, 0.2) is 35.4 Å². The third kappa shape index (κ3) is 3.31. The van der Waals surface area contributed by atoms with E-state index in [-0.39, 0.29) is 22.1 Å². The number of nitrogens with one attached hydrogen (secondary N) is 1. The molecule has 0 aliphatic heterocycles. The molecule has 0 aliphatic carbocycles. The largest absolute Gasteiger partial charge is 0.497 e. The van der Waals surface area contributed by atoms with Crippen LogP contribution in [0.2, 0.25) is 0 Å². The minimum atomic E-state index is -3.87. The molecule has 2 rings (SSSR count). The van der Waals surface area contributed by atoms with Crippen LogP contribution < -0.4 is 9.46 Å². The van der Waals surface area contributed by atoms with E-state index in [2.05, 4.69) is 14.7 Å². The van der Waals surface area contributed by atoms with Crippen molar-refractivity contribution >= 4 is 21.9 Å². The van der Waals surface area contributed by atoms with Crippen molar-refractivity contribution in [3.05, 3.63) is 41.7 Å². The third-order valence-corrected chi connectivity index (χ3v) is 4.15. The first-order chi connectivity index (χ1) is 10.3. The molecule has 0 spiro atoms. The number of carboxylic acids is 1. The Morgan fingerprint density at radius 1 is 1.27 bits per heavy atom. The van der Waals surface area contributed by atoms with Gasteiger partial charge in [0, 0.05) is 6.20 Å². The minimum absolute atomic E-state index is 0.0110. The molecule has 0 bridgehead atoms. The van der Waals surface area contributed by atoms with Crippen molar-refractivity contribution in [2.24, 2.45) is 0 Å². The number of anilines is 1. The van der Waals surface area contributed by atoms with E-state index in [1.807, 2.05) is 0 Å². The van der Waals surface area contributed by atoms with Gasteiger partial charge in [-0.3, -0.25) is 0 Å². The van der Waals surface area contributed by atoms with Crippen molar-refractivity contribution in [2.75, 3.05) is 11.8 Å². The van der Waals surface area contributed by atoms with Crippen LogP contribution >= 0.6 is 0 Å². The van der Waals surface area contributed by atoms with Gasteiger partial charge >= 0.3 is 5.97 Å². The number of nitrogens with zero attached hydrogens (tertiary/aromatic N) is 2. The molecule has 116 valence electrons. The van der Waals surface area contributed by atoms with Gasteiger partial charge in [-0.25, -0.2) is 27.9 Å². The molecule has 0 atom stereocenters. The average Bonchev–Trinajstić information content (AvgIpc) is 2.46. The molecule has 1 heterocycles. The Labute approximate surface area is 126 Å². The summed E-state index contributed by atoms with van der Waals surface area (Å²) in [6.07, 6.45) is 1.05. The fourth-order valence-electron chi connectivity index (χ4n) is 1.66. The van der Waals surface area contributed by atoms with Gasteiger partial charge in [-0.1, -0.05) is 0 Å². The Bertz CT molecular complexity index is 803. The smallest absolute Gasteiger partial charge is 0.339 e. The van der Waals surface area contributed by atoms with Crippen molar-refractivity contribution < 1.29 is 23.1 Å². The van der Waals surface area contributed by atoms with Gasteiger partial charge in [0.05, 0.1) is 23.3 Å². The van der Waals surface area contributed by atoms with Crippen molar-refractivity contribution in [1.82, 2.24) is 9.97 Å². The Morgan fingerprint density at radius 2 is 1.91 bits per heavy atom. The molecule has 2 N–H and O–H groups in total. The molecule has 9 heteroatoms. The number of aromatic nitrogens is 2. The van der Waals surface area contributed by atoms with Gasteiger partial charge in [0.25, 0.3) is 10.0 Å². The second-order valence-corrected chi connectivity index (χ2v) is 5.96. The third-order valence-electron chi connectivity index (χ3n) is 2.81. The SMILES string of the molecule is COc1ccc(S(=O)(=O)Nc2ncc(C(=O)O)c(C)n2)cc1. The molecule has 2 aromatic rings. The van der Waals surface area contributed by atoms with E-state index in [4.69, 9.17) is 9.84 Å². The van der Waals surface area contributed by atoms with Crippen LogP contribution in [0, 0.1) is 6.92 Å². The maximum Gasteiger partial charge on any atom is 0.339 e. The zero-order valence-electron chi connectivity index (χ0n) is 11.8. The summed E-state index contributed by atoms with van der Waals surface area (Å²) in [4.78, 5) is 18.4. The van der Waals surface area contributed by atoms with Crippen LogP contribution in [0.3, 0.4) is 0 Å². The molecular formula is C13H13N3O5S. The fourth-order valence-corrected chi connectivity index (χ4v) is 2.61. The first-order valence-electron chi connectivity index (χ1n) is 6.07. The zero-order valence-corrected chi connectivity index (χ0v) is 12.6. The van der Waals surface area contributed by atoms with Gasteiger partial charge in [0.15, 0.2) is 0 Å². The first kappa shape index (κ1) is 15.7. The fraction of sp³-hybridized carbons (Fsp3) is 0.154. The molecule has 0 aliphatic rings. The monoisotopic (exact) mass is 323 g/mol. The highest BCUT2D eigenvalue weighted by molar-refractivity contribution is 7.92. The lowest BCUT2D eigenvalue weighted by atomic mass is 10.2. The summed E-state index contributed by atoms with van der Waals surface area (Å²) in [5.74, 6) is -0.850. The van der Waals surface area contributed by atoms with Gasteiger partial charge in [-0.05, 0) is 31.2 Å². The molecule has 1 aromatic heterocycles. The van der Waals surface area contributed by atoms with Gasteiger partial charge in [0.1, 0.15) is 5.75 Å². The Balaban J connectivity index is 2.28. The normalized spacial score (nSPS) is 11.0. The van der Waals surface area contributed by atoms with E-state index < -0.39 is 16.0 Å². The molecule has 8 nitrogen and oxygen atoms in total. The summed E-state index contributed by atoms with van der Waals surface area (Å²) in [7, 11) is -2.39. The van der Waals surface area contributed by atoms with Crippen LogP contribution in [0.1, 0.15) is 16.1 Å². The van der Waals surface area contributed by atoms with Gasteiger partial charge in [-0.2, -0.15) is 0 Å². The number of methoxy groups -OCH3 is 1. The molecular weight excluding hydrogens is 310 g/mol. The van der Waals surface area contributed by atoms with Crippen molar-refractivity contribution in [3.63, 3.8) is 0 Å². The number of hydrogen-bond donors (Lipinski definition) is 2. The number of rotatable bonds is 5. The minimum Gasteiger partial charge on any atom is -0.497 e. The molecule has 0 saturated carbocycles. The molecule has 1 aromatic carbocycles. The number of carbonyl (C=O) groups is 1. The lowest BCUT2D eigenvalue weighted by Gasteiger charge is -2.08. The Morgan fingerprint density at radius 3 is 2.41 bits per heavy atom. The number of aryl methyl sites for hydroxylation is 1. The predicted octanol–water partition coefficient (Wildman–Crippen LogP) is 1.29. The van der Waals surface area contributed by atoms with E-state index in [0.717, 1.165) is 6.20 Å². The number of aromatic carboxylic acids is 1. The van der Waals surface area contributed by atoms with Crippen LogP contribution in [0.25, 0.3) is 0 Å². The first-order valence-corrected chi connectivity index (χ1v) is 7.55. The molecule has 0 saturated heterocycles. The highest BCUT2D eigenvalue weighted by Crippen LogP contribution is 2.18. The van der Waals surface area contributed by atoms with E-state index in [0.29, 0.717) is 5.75 Å². The van der Waals surface area contributed by atoms with Crippen molar-refractivity contribution in [1.29, 1.82) is 0 Å². The predicted molar refractivity (Wildman–Crippen MR) is 77.5 cm³/mol. The van der Waals surface area contributed by atoms with Crippen LogP contribution in [-0.2, 0) is 10.0 Å². The summed E-state index contributed by atoms with van der Waals surface area (Å²) in [6.45, 7) is 1.45. The summed E-state index contributed by atoms with van der Waals surface area (Å²) < 4.78 is 31.5.